The van der Waals surface area contributed by atoms with Gasteiger partial charge < -0.3 is 9.67 Å². The van der Waals surface area contributed by atoms with Gasteiger partial charge >= 0.3 is 0 Å². The zero-order chi connectivity index (χ0) is 14.0. The van der Waals surface area contributed by atoms with Crippen molar-refractivity contribution in [2.75, 3.05) is 0 Å². The second kappa shape index (κ2) is 5.24. The standard InChI is InChI=1S/C14H16N2O3/c1-10-12(4-3-5-14(10)16(18)19)8-15-7-6-13(9-15)11(2)17/h3-7,9,11,17H,8H2,1-2H3. The molecule has 0 spiro atoms. The second-order valence-electron chi connectivity index (χ2n) is 4.61. The molecule has 100 valence electrons. The smallest absolute Gasteiger partial charge is 0.272 e. The molecular formula is C14H16N2O3. The van der Waals surface area contributed by atoms with Crippen LogP contribution in [0.2, 0.25) is 0 Å². The van der Waals surface area contributed by atoms with E-state index >= 15 is 0 Å². The maximum atomic E-state index is 10.9. The van der Waals surface area contributed by atoms with Gasteiger partial charge in [0.25, 0.3) is 5.69 Å². The Hall–Kier alpha value is -2.14. The summed E-state index contributed by atoms with van der Waals surface area (Å²) in [5, 5.41) is 20.4. The van der Waals surface area contributed by atoms with Crippen LogP contribution < -0.4 is 0 Å². The van der Waals surface area contributed by atoms with E-state index in [0.717, 1.165) is 11.1 Å². The molecule has 1 aromatic carbocycles. The van der Waals surface area contributed by atoms with Crippen molar-refractivity contribution >= 4 is 5.69 Å². The molecule has 1 N–H and O–H groups in total. The first-order valence-electron chi connectivity index (χ1n) is 6.05. The molecule has 19 heavy (non-hydrogen) atoms. The Morgan fingerprint density at radius 2 is 2.16 bits per heavy atom. The van der Waals surface area contributed by atoms with Crippen molar-refractivity contribution in [1.29, 1.82) is 0 Å². The van der Waals surface area contributed by atoms with Crippen molar-refractivity contribution in [3.8, 4) is 0 Å². The number of nitro benzene ring substituents is 1. The van der Waals surface area contributed by atoms with Gasteiger partial charge in [0.1, 0.15) is 0 Å². The molecule has 0 aliphatic rings. The van der Waals surface area contributed by atoms with E-state index in [1.54, 1.807) is 19.9 Å². The van der Waals surface area contributed by atoms with Crippen LogP contribution in [0.5, 0.6) is 0 Å². The number of aromatic nitrogens is 1. The van der Waals surface area contributed by atoms with Crippen molar-refractivity contribution in [3.63, 3.8) is 0 Å². The van der Waals surface area contributed by atoms with Crippen molar-refractivity contribution in [3.05, 3.63) is 63.5 Å². The van der Waals surface area contributed by atoms with Crippen LogP contribution in [0.3, 0.4) is 0 Å². The Bertz CT molecular complexity index is 602. The van der Waals surface area contributed by atoms with Crippen LogP contribution in [-0.4, -0.2) is 14.6 Å². The minimum absolute atomic E-state index is 0.139. The average molecular weight is 260 g/mol. The maximum Gasteiger partial charge on any atom is 0.272 e. The highest BCUT2D eigenvalue weighted by molar-refractivity contribution is 5.44. The highest BCUT2D eigenvalue weighted by Crippen LogP contribution is 2.22. The second-order valence-corrected chi connectivity index (χ2v) is 4.61. The van der Waals surface area contributed by atoms with Crippen molar-refractivity contribution in [2.45, 2.75) is 26.5 Å². The Balaban J connectivity index is 2.28. The van der Waals surface area contributed by atoms with Crippen molar-refractivity contribution in [2.24, 2.45) is 0 Å². The van der Waals surface area contributed by atoms with Crippen LogP contribution in [0, 0.1) is 17.0 Å². The fourth-order valence-electron chi connectivity index (χ4n) is 2.04. The molecule has 5 heteroatoms. The minimum Gasteiger partial charge on any atom is -0.389 e. The summed E-state index contributed by atoms with van der Waals surface area (Å²) < 4.78 is 1.91. The zero-order valence-electron chi connectivity index (χ0n) is 10.9. The first-order valence-corrected chi connectivity index (χ1v) is 6.05. The molecule has 0 aliphatic carbocycles. The van der Waals surface area contributed by atoms with E-state index in [4.69, 9.17) is 0 Å². The van der Waals surface area contributed by atoms with E-state index in [0.29, 0.717) is 12.1 Å². The molecule has 2 aromatic rings. The third-order valence-electron chi connectivity index (χ3n) is 3.22. The van der Waals surface area contributed by atoms with Crippen LogP contribution in [0.25, 0.3) is 0 Å². The minimum atomic E-state index is -0.507. The summed E-state index contributed by atoms with van der Waals surface area (Å²) in [4.78, 5) is 10.5. The normalized spacial score (nSPS) is 12.4. The molecule has 0 aliphatic heterocycles. The van der Waals surface area contributed by atoms with Gasteiger partial charge in [-0.15, -0.1) is 0 Å². The summed E-state index contributed by atoms with van der Waals surface area (Å²) >= 11 is 0. The van der Waals surface area contributed by atoms with E-state index in [1.165, 1.54) is 6.07 Å². The third kappa shape index (κ3) is 2.82. The van der Waals surface area contributed by atoms with Crippen LogP contribution in [0.4, 0.5) is 5.69 Å². The predicted molar refractivity (Wildman–Crippen MR) is 72.0 cm³/mol. The van der Waals surface area contributed by atoms with Gasteiger partial charge in [0.15, 0.2) is 0 Å². The number of nitro groups is 1. The first-order chi connectivity index (χ1) is 8.99. The van der Waals surface area contributed by atoms with Crippen LogP contribution in [0.15, 0.2) is 36.7 Å². The Kier molecular flexibility index (Phi) is 3.66. The Morgan fingerprint density at radius 3 is 2.74 bits per heavy atom. The van der Waals surface area contributed by atoms with E-state index in [-0.39, 0.29) is 10.6 Å². The van der Waals surface area contributed by atoms with E-state index < -0.39 is 6.10 Å². The van der Waals surface area contributed by atoms with Gasteiger partial charge in [-0.1, -0.05) is 12.1 Å². The van der Waals surface area contributed by atoms with E-state index in [1.807, 2.05) is 29.1 Å². The molecule has 1 atom stereocenters. The van der Waals surface area contributed by atoms with E-state index in [9.17, 15) is 15.2 Å². The lowest BCUT2D eigenvalue weighted by Gasteiger charge is -2.07. The van der Waals surface area contributed by atoms with Gasteiger partial charge in [0.05, 0.1) is 11.0 Å². The molecule has 0 saturated carbocycles. The molecule has 1 heterocycles. The van der Waals surface area contributed by atoms with Gasteiger partial charge in [-0.2, -0.15) is 0 Å². The predicted octanol–water partition coefficient (Wildman–Crippen LogP) is 2.81. The number of aliphatic hydroxyl groups excluding tert-OH is 1. The third-order valence-corrected chi connectivity index (χ3v) is 3.22. The molecule has 2 rings (SSSR count). The Morgan fingerprint density at radius 1 is 1.42 bits per heavy atom. The fraction of sp³-hybridized carbons (Fsp3) is 0.286. The van der Waals surface area contributed by atoms with Gasteiger partial charge in [0, 0.05) is 30.6 Å². The SMILES string of the molecule is Cc1c(Cn2ccc(C(C)O)c2)cccc1[N+](=O)[O-]. The number of hydrogen-bond acceptors (Lipinski definition) is 3. The molecule has 0 bridgehead atoms. The molecule has 5 nitrogen and oxygen atoms in total. The number of nitrogens with zero attached hydrogens (tertiary/aromatic N) is 2. The molecule has 0 saturated heterocycles. The molecule has 1 aromatic heterocycles. The summed E-state index contributed by atoms with van der Waals surface area (Å²) in [6.07, 6.45) is 3.20. The molecule has 0 fully saturated rings. The summed E-state index contributed by atoms with van der Waals surface area (Å²) in [5.74, 6) is 0. The largest absolute Gasteiger partial charge is 0.389 e. The number of rotatable bonds is 4. The maximum absolute atomic E-state index is 10.9. The van der Waals surface area contributed by atoms with Gasteiger partial charge in [-0.25, -0.2) is 0 Å². The summed E-state index contributed by atoms with van der Waals surface area (Å²) in [5.41, 5.74) is 2.56. The lowest BCUT2D eigenvalue weighted by atomic mass is 10.1. The average Bonchev–Trinajstić information content (AvgIpc) is 2.80. The lowest BCUT2D eigenvalue weighted by Crippen LogP contribution is -2.01. The van der Waals surface area contributed by atoms with Gasteiger partial charge in [-0.3, -0.25) is 10.1 Å². The van der Waals surface area contributed by atoms with Crippen LogP contribution >= 0.6 is 0 Å². The lowest BCUT2D eigenvalue weighted by molar-refractivity contribution is -0.385. The van der Waals surface area contributed by atoms with E-state index in [2.05, 4.69) is 0 Å². The van der Waals surface area contributed by atoms with Crippen molar-refractivity contribution < 1.29 is 10.0 Å². The monoisotopic (exact) mass is 260 g/mol. The van der Waals surface area contributed by atoms with Crippen LogP contribution in [-0.2, 0) is 6.54 Å². The Labute approximate surface area is 111 Å². The quantitative estimate of drug-likeness (QED) is 0.679. The highest BCUT2D eigenvalue weighted by atomic mass is 16.6. The topological polar surface area (TPSA) is 68.3 Å². The molecule has 0 radical (unpaired) electrons. The zero-order valence-corrected chi connectivity index (χ0v) is 10.9. The highest BCUT2D eigenvalue weighted by Gasteiger charge is 2.13. The first kappa shape index (κ1) is 13.3. The number of hydrogen-bond donors (Lipinski definition) is 1. The van der Waals surface area contributed by atoms with Crippen molar-refractivity contribution in [1.82, 2.24) is 4.57 Å². The summed E-state index contributed by atoms with van der Waals surface area (Å²) in [6, 6.07) is 6.93. The molecule has 1 unspecified atom stereocenters. The summed E-state index contributed by atoms with van der Waals surface area (Å²) in [6.45, 7) is 4.02. The van der Waals surface area contributed by atoms with Crippen LogP contribution in [0.1, 0.15) is 29.7 Å². The summed E-state index contributed by atoms with van der Waals surface area (Å²) in [7, 11) is 0. The van der Waals surface area contributed by atoms with Gasteiger partial charge in [0.2, 0.25) is 0 Å². The van der Waals surface area contributed by atoms with Gasteiger partial charge in [-0.05, 0) is 31.0 Å². The number of benzene rings is 1. The fourth-order valence-corrected chi connectivity index (χ4v) is 2.04. The molecule has 0 amide bonds. The number of aliphatic hydroxyl groups is 1. The molecular weight excluding hydrogens is 244 g/mol.